The molecule has 11 heteroatoms. The fourth-order valence-corrected chi connectivity index (χ4v) is 3.38. The number of alkyl halides is 3. The van der Waals surface area contributed by atoms with Gasteiger partial charge >= 0.3 is 24.9 Å². The van der Waals surface area contributed by atoms with Crippen LogP contribution in [-0.4, -0.2) is 19.3 Å². The van der Waals surface area contributed by atoms with Crippen molar-refractivity contribution in [2.75, 3.05) is 0 Å². The second-order valence-corrected chi connectivity index (χ2v) is 7.38. The van der Waals surface area contributed by atoms with E-state index in [1.165, 1.54) is 24.3 Å². The molecule has 0 saturated heterocycles. The van der Waals surface area contributed by atoms with E-state index >= 15 is 0 Å². The lowest BCUT2D eigenvalue weighted by molar-refractivity contribution is -0.137. The molecule has 3 aromatic rings. The summed E-state index contributed by atoms with van der Waals surface area (Å²) in [7, 11) is -4.78. The number of hydrogen-bond acceptors (Lipinski definition) is 3. The number of aromatic amines is 1. The van der Waals surface area contributed by atoms with Crippen LogP contribution in [0.3, 0.4) is 0 Å². The number of halogens is 3. The van der Waals surface area contributed by atoms with Crippen molar-refractivity contribution >= 4 is 18.6 Å². The molecule has 0 atom stereocenters. The molecular formula is C16H12F3N2O5P. The molecule has 0 spiro atoms. The van der Waals surface area contributed by atoms with E-state index in [0.717, 1.165) is 6.07 Å². The summed E-state index contributed by atoms with van der Waals surface area (Å²) < 4.78 is 52.4. The Balaban J connectivity index is 2.45. The molecule has 142 valence electrons. The number of aromatic nitrogens is 2. The van der Waals surface area contributed by atoms with Gasteiger partial charge in [0.25, 0.3) is 0 Å². The van der Waals surface area contributed by atoms with E-state index in [4.69, 9.17) is 0 Å². The lowest BCUT2D eigenvalue weighted by Gasteiger charge is -2.17. The minimum absolute atomic E-state index is 0.188. The molecule has 0 amide bonds. The van der Waals surface area contributed by atoms with E-state index in [-0.39, 0.29) is 22.2 Å². The lowest BCUT2D eigenvalue weighted by Crippen LogP contribution is -2.36. The van der Waals surface area contributed by atoms with Crippen LogP contribution in [0.1, 0.15) is 5.56 Å². The average Bonchev–Trinajstić information content (AvgIpc) is 2.57. The number of benzene rings is 2. The molecule has 1 aromatic heterocycles. The predicted octanol–water partition coefficient (Wildman–Crippen LogP) is 2.51. The van der Waals surface area contributed by atoms with Crippen molar-refractivity contribution in [3.05, 3.63) is 68.7 Å². The normalized spacial score (nSPS) is 12.5. The van der Waals surface area contributed by atoms with Gasteiger partial charge in [0.05, 0.1) is 16.6 Å². The van der Waals surface area contributed by atoms with Crippen molar-refractivity contribution < 1.29 is 27.5 Å². The number of nitrogens with zero attached hydrogens (tertiary/aromatic N) is 1. The first-order chi connectivity index (χ1) is 12.5. The Morgan fingerprint density at radius 1 is 1.07 bits per heavy atom. The van der Waals surface area contributed by atoms with Gasteiger partial charge in [-0.1, -0.05) is 30.3 Å². The number of hydrogen-bond donors (Lipinski definition) is 3. The van der Waals surface area contributed by atoms with Crippen LogP contribution in [0.2, 0.25) is 0 Å². The Labute approximate surface area is 148 Å². The van der Waals surface area contributed by atoms with Crippen LogP contribution in [-0.2, 0) is 17.0 Å². The van der Waals surface area contributed by atoms with E-state index in [0.29, 0.717) is 10.6 Å². The van der Waals surface area contributed by atoms with Crippen LogP contribution < -0.4 is 11.1 Å². The first-order valence-electron chi connectivity index (χ1n) is 7.45. The smallest absolute Gasteiger partial charge is 0.323 e. The number of fused-ring (bicyclic) bond motifs is 1. The summed E-state index contributed by atoms with van der Waals surface area (Å²) in [6.45, 7) is 0. The third-order valence-electron chi connectivity index (χ3n) is 3.83. The minimum Gasteiger partial charge on any atom is -0.323 e. The summed E-state index contributed by atoms with van der Waals surface area (Å²) in [6.07, 6.45) is -5.90. The quantitative estimate of drug-likeness (QED) is 0.462. The van der Waals surface area contributed by atoms with Crippen molar-refractivity contribution in [1.82, 2.24) is 9.55 Å². The van der Waals surface area contributed by atoms with E-state index < -0.39 is 36.7 Å². The fraction of sp³-hybridized carbons (Fsp3) is 0.125. The minimum atomic E-state index is -4.78. The number of nitrogens with one attached hydrogen (secondary N) is 1. The van der Waals surface area contributed by atoms with Crippen molar-refractivity contribution in [2.24, 2.45) is 0 Å². The van der Waals surface area contributed by atoms with Gasteiger partial charge in [0.1, 0.15) is 6.29 Å². The molecule has 0 aliphatic carbocycles. The summed E-state index contributed by atoms with van der Waals surface area (Å²) in [6, 6.07) is 9.14. The highest BCUT2D eigenvalue weighted by molar-refractivity contribution is 7.50. The van der Waals surface area contributed by atoms with Crippen LogP contribution in [0, 0.1) is 0 Å². The zero-order valence-electron chi connectivity index (χ0n) is 13.4. The first kappa shape index (κ1) is 19.1. The molecule has 0 fully saturated rings. The first-order valence-corrected chi connectivity index (χ1v) is 9.25. The maximum atomic E-state index is 13.5. The Morgan fingerprint density at radius 3 is 2.26 bits per heavy atom. The zero-order valence-corrected chi connectivity index (χ0v) is 14.3. The molecular weight excluding hydrogens is 388 g/mol. The Hall–Kier alpha value is -2.68. The van der Waals surface area contributed by atoms with Crippen LogP contribution in [0.5, 0.6) is 0 Å². The molecule has 0 saturated carbocycles. The Bertz CT molecular complexity index is 1180. The van der Waals surface area contributed by atoms with Gasteiger partial charge in [-0.2, -0.15) is 13.2 Å². The van der Waals surface area contributed by atoms with Crippen LogP contribution in [0.25, 0.3) is 22.2 Å². The van der Waals surface area contributed by atoms with Gasteiger partial charge in [0, 0.05) is 0 Å². The van der Waals surface area contributed by atoms with Gasteiger partial charge in [-0.25, -0.2) is 0 Å². The summed E-state index contributed by atoms with van der Waals surface area (Å²) in [5.41, 5.74) is -4.30. The lowest BCUT2D eigenvalue weighted by atomic mass is 9.98. The van der Waals surface area contributed by atoms with Crippen molar-refractivity contribution in [2.45, 2.75) is 12.5 Å². The third-order valence-corrected chi connectivity index (χ3v) is 4.48. The highest BCUT2D eigenvalue weighted by atomic mass is 31.2. The van der Waals surface area contributed by atoms with Crippen LogP contribution in [0.15, 0.2) is 52.1 Å². The molecule has 27 heavy (non-hydrogen) atoms. The van der Waals surface area contributed by atoms with Gasteiger partial charge in [-0.15, -0.1) is 0 Å². The molecule has 1 heterocycles. The second kappa shape index (κ2) is 6.49. The molecule has 0 bridgehead atoms. The predicted molar refractivity (Wildman–Crippen MR) is 91.3 cm³/mol. The highest BCUT2D eigenvalue weighted by Gasteiger charge is 2.34. The molecule has 0 unspecified atom stereocenters. The number of H-pyrrole nitrogens is 1. The van der Waals surface area contributed by atoms with Crippen molar-refractivity contribution in [3.8, 4) is 11.1 Å². The Kier molecular flexibility index (Phi) is 4.59. The van der Waals surface area contributed by atoms with Crippen molar-refractivity contribution in [1.29, 1.82) is 0 Å². The molecule has 0 aliphatic rings. The molecule has 0 radical (unpaired) electrons. The summed E-state index contributed by atoms with van der Waals surface area (Å²) in [5.74, 6) is 0. The van der Waals surface area contributed by atoms with Crippen LogP contribution in [0.4, 0.5) is 13.2 Å². The van der Waals surface area contributed by atoms with Gasteiger partial charge in [0.15, 0.2) is 0 Å². The van der Waals surface area contributed by atoms with E-state index in [9.17, 15) is 37.1 Å². The fourth-order valence-electron chi connectivity index (χ4n) is 2.74. The molecule has 2 aromatic carbocycles. The number of rotatable bonds is 3. The van der Waals surface area contributed by atoms with E-state index in [1.807, 2.05) is 4.98 Å². The SMILES string of the molecule is O=c1[nH]c2cc(C(F)(F)F)c(-c3ccccc3)cc2n(CP(=O)(O)O)c1=O. The van der Waals surface area contributed by atoms with E-state index in [2.05, 4.69) is 0 Å². The molecule has 3 rings (SSSR count). The summed E-state index contributed by atoms with van der Waals surface area (Å²) >= 11 is 0. The topological polar surface area (TPSA) is 112 Å². The maximum absolute atomic E-state index is 13.5. The molecule has 0 aliphatic heterocycles. The van der Waals surface area contributed by atoms with E-state index in [1.54, 1.807) is 6.07 Å². The van der Waals surface area contributed by atoms with Gasteiger partial charge in [0.2, 0.25) is 0 Å². The van der Waals surface area contributed by atoms with Gasteiger partial charge < -0.3 is 14.8 Å². The second-order valence-electron chi connectivity index (χ2n) is 5.77. The maximum Gasteiger partial charge on any atom is 0.417 e. The monoisotopic (exact) mass is 400 g/mol. The van der Waals surface area contributed by atoms with Gasteiger partial charge in [-0.3, -0.25) is 18.7 Å². The average molecular weight is 400 g/mol. The Morgan fingerprint density at radius 2 is 1.70 bits per heavy atom. The van der Waals surface area contributed by atoms with Crippen molar-refractivity contribution in [3.63, 3.8) is 0 Å². The van der Waals surface area contributed by atoms with Crippen LogP contribution >= 0.6 is 7.60 Å². The standard InChI is InChI=1S/C16H12F3N2O5P/c17-16(18,19)11-7-12-13(6-10(11)9-4-2-1-3-5-9)21(8-27(24,25)26)15(23)14(22)20-12/h1-7H,8H2,(H,20,22)(H2,24,25,26). The molecule has 3 N–H and O–H groups in total. The van der Waals surface area contributed by atoms with Gasteiger partial charge in [-0.05, 0) is 23.3 Å². The zero-order chi connectivity index (χ0) is 20.0. The summed E-state index contributed by atoms with van der Waals surface area (Å²) in [5, 5.41) is 0. The highest BCUT2D eigenvalue weighted by Crippen LogP contribution is 2.40. The third kappa shape index (κ3) is 3.87. The largest absolute Gasteiger partial charge is 0.417 e. The summed E-state index contributed by atoms with van der Waals surface area (Å²) in [4.78, 5) is 44.2. The molecule has 7 nitrogen and oxygen atoms in total.